The smallest absolute Gasteiger partial charge is 0.339 e. The average Bonchev–Trinajstić information content (AvgIpc) is 2.42. The monoisotopic (exact) mass is 295 g/mol. The molecule has 1 aliphatic rings. The number of carboxylic acid groups (broad SMARTS) is 1. The molecule has 0 radical (unpaired) electrons. The van der Waals surface area contributed by atoms with Crippen LogP contribution >= 0.6 is 0 Å². The fraction of sp³-hybridized carbons (Fsp3) is 0.538. The number of nitro groups is 1. The molecular weight excluding hydrogens is 278 g/mol. The first-order valence-electron chi connectivity index (χ1n) is 6.44. The molecule has 1 saturated carbocycles. The quantitative estimate of drug-likeness (QED) is 0.629. The third kappa shape index (κ3) is 2.66. The van der Waals surface area contributed by atoms with Crippen molar-refractivity contribution in [1.29, 1.82) is 0 Å². The maximum atomic E-state index is 11.2. The number of ether oxygens (including phenoxy) is 1. The molecule has 2 unspecified atom stereocenters. The van der Waals surface area contributed by atoms with E-state index in [1.165, 1.54) is 0 Å². The van der Waals surface area contributed by atoms with Gasteiger partial charge in [0.15, 0.2) is 0 Å². The Bertz CT molecular complexity index is 587. The summed E-state index contributed by atoms with van der Waals surface area (Å²) >= 11 is 0. The predicted octanol–water partition coefficient (Wildman–Crippen LogP) is 1.91. The molecule has 0 bridgehead atoms. The molecule has 2 atom stereocenters. The van der Waals surface area contributed by atoms with E-state index in [1.807, 2.05) is 13.8 Å². The summed E-state index contributed by atoms with van der Waals surface area (Å²) in [5.74, 6) is -1.12. The number of aromatic nitrogens is 1. The number of methoxy groups -OCH3 is 1. The van der Waals surface area contributed by atoms with Crippen molar-refractivity contribution in [2.24, 2.45) is 5.41 Å². The number of carbonyl (C=O) groups is 1. The molecule has 0 aliphatic heterocycles. The minimum absolute atomic E-state index is 0.00509. The van der Waals surface area contributed by atoms with Crippen molar-refractivity contribution in [2.75, 3.05) is 12.4 Å². The highest BCUT2D eigenvalue weighted by atomic mass is 16.6. The van der Waals surface area contributed by atoms with Crippen LogP contribution in [0.3, 0.4) is 0 Å². The molecule has 2 N–H and O–H groups in total. The summed E-state index contributed by atoms with van der Waals surface area (Å²) in [6.45, 7) is 4.02. The number of nitrogens with zero attached hydrogens (tertiary/aromatic N) is 2. The molecule has 114 valence electrons. The van der Waals surface area contributed by atoms with Gasteiger partial charge in [0, 0.05) is 24.6 Å². The molecule has 1 fully saturated rings. The zero-order valence-corrected chi connectivity index (χ0v) is 12.0. The van der Waals surface area contributed by atoms with Gasteiger partial charge in [0.25, 0.3) is 5.69 Å². The molecule has 8 heteroatoms. The number of pyridine rings is 1. The number of anilines is 1. The summed E-state index contributed by atoms with van der Waals surface area (Å²) in [7, 11) is 1.63. The second kappa shape index (κ2) is 5.28. The normalized spacial score (nSPS) is 23.2. The molecule has 1 aromatic heterocycles. The maximum Gasteiger partial charge on any atom is 0.339 e. The fourth-order valence-electron chi connectivity index (χ4n) is 2.53. The Balaban J connectivity index is 2.25. The lowest BCUT2D eigenvalue weighted by Crippen LogP contribution is -2.57. The summed E-state index contributed by atoms with van der Waals surface area (Å²) in [5.41, 5.74) is -0.727. The molecular formula is C13H17N3O5. The van der Waals surface area contributed by atoms with Crippen molar-refractivity contribution in [2.45, 2.75) is 32.4 Å². The van der Waals surface area contributed by atoms with Crippen molar-refractivity contribution in [3.63, 3.8) is 0 Å². The van der Waals surface area contributed by atoms with Gasteiger partial charge in [-0.2, -0.15) is 0 Å². The Labute approximate surface area is 121 Å². The highest BCUT2D eigenvalue weighted by Gasteiger charge is 2.49. The van der Waals surface area contributed by atoms with Crippen LogP contribution in [0.2, 0.25) is 0 Å². The van der Waals surface area contributed by atoms with E-state index >= 15 is 0 Å². The molecule has 0 spiro atoms. The van der Waals surface area contributed by atoms with Gasteiger partial charge in [-0.15, -0.1) is 0 Å². The van der Waals surface area contributed by atoms with Crippen molar-refractivity contribution in [3.8, 4) is 0 Å². The fourth-order valence-corrected chi connectivity index (χ4v) is 2.53. The van der Waals surface area contributed by atoms with Crippen molar-refractivity contribution >= 4 is 17.5 Å². The summed E-state index contributed by atoms with van der Waals surface area (Å²) < 4.78 is 5.33. The minimum Gasteiger partial charge on any atom is -0.478 e. The summed E-state index contributed by atoms with van der Waals surface area (Å²) in [4.78, 5) is 25.2. The topological polar surface area (TPSA) is 115 Å². The van der Waals surface area contributed by atoms with Gasteiger partial charge >= 0.3 is 5.97 Å². The first-order valence-corrected chi connectivity index (χ1v) is 6.44. The van der Waals surface area contributed by atoms with Crippen LogP contribution in [0, 0.1) is 15.5 Å². The van der Waals surface area contributed by atoms with Gasteiger partial charge in [-0.25, -0.2) is 9.78 Å². The maximum absolute atomic E-state index is 11.2. The van der Waals surface area contributed by atoms with E-state index in [1.54, 1.807) is 7.11 Å². The lowest BCUT2D eigenvalue weighted by Gasteiger charge is -2.51. The zero-order chi connectivity index (χ0) is 15.8. The lowest BCUT2D eigenvalue weighted by atomic mass is 9.64. The Morgan fingerprint density at radius 3 is 2.76 bits per heavy atom. The minimum atomic E-state index is -1.26. The Morgan fingerprint density at radius 1 is 1.62 bits per heavy atom. The highest BCUT2D eigenvalue weighted by molar-refractivity contribution is 5.93. The largest absolute Gasteiger partial charge is 0.478 e. The standard InChI is InChI=1S/C13H17N3O5/c1-13(2)9(5-10(13)21-3)15-11-8(12(17)18)4-7(6-14-11)16(19)20/h4,6,9-10H,5H2,1-3H3,(H,14,15)(H,17,18). The highest BCUT2D eigenvalue weighted by Crippen LogP contribution is 2.44. The number of rotatable bonds is 5. The van der Waals surface area contributed by atoms with Crippen LogP contribution < -0.4 is 5.32 Å². The number of carboxylic acids is 1. The van der Waals surface area contributed by atoms with Crippen LogP contribution in [0.5, 0.6) is 0 Å². The number of hydrogen-bond acceptors (Lipinski definition) is 6. The lowest BCUT2D eigenvalue weighted by molar-refractivity contribution is -0.385. The van der Waals surface area contributed by atoms with Gasteiger partial charge in [0.1, 0.15) is 17.6 Å². The Hall–Kier alpha value is -2.22. The molecule has 1 aromatic rings. The SMILES string of the molecule is COC1CC(Nc2ncc([N+](=O)[O-])cc2C(=O)O)C1(C)C. The molecule has 21 heavy (non-hydrogen) atoms. The third-order valence-electron chi connectivity index (χ3n) is 4.09. The van der Waals surface area contributed by atoms with Gasteiger partial charge in [-0.05, 0) is 6.42 Å². The van der Waals surface area contributed by atoms with E-state index in [0.717, 1.165) is 18.7 Å². The summed E-state index contributed by atoms with van der Waals surface area (Å²) in [5, 5.41) is 22.9. The van der Waals surface area contributed by atoms with E-state index in [-0.39, 0.29) is 34.6 Å². The molecule has 0 aromatic carbocycles. The van der Waals surface area contributed by atoms with E-state index < -0.39 is 10.9 Å². The summed E-state index contributed by atoms with van der Waals surface area (Å²) in [6.07, 6.45) is 1.86. The zero-order valence-electron chi connectivity index (χ0n) is 12.0. The Morgan fingerprint density at radius 2 is 2.29 bits per heavy atom. The van der Waals surface area contributed by atoms with Crippen molar-refractivity contribution < 1.29 is 19.6 Å². The van der Waals surface area contributed by atoms with Crippen LogP contribution in [0.15, 0.2) is 12.3 Å². The molecule has 8 nitrogen and oxygen atoms in total. The van der Waals surface area contributed by atoms with Gasteiger partial charge in [0.05, 0.1) is 11.0 Å². The Kier molecular flexibility index (Phi) is 3.82. The van der Waals surface area contributed by atoms with Gasteiger partial charge in [-0.3, -0.25) is 10.1 Å². The number of nitrogens with one attached hydrogen (secondary N) is 1. The second-order valence-corrected chi connectivity index (χ2v) is 5.63. The van der Waals surface area contributed by atoms with Gasteiger partial charge < -0.3 is 15.2 Å². The first-order chi connectivity index (χ1) is 9.77. The van der Waals surface area contributed by atoms with Gasteiger partial charge in [-0.1, -0.05) is 13.8 Å². The molecule has 2 rings (SSSR count). The molecule has 1 heterocycles. The van der Waals surface area contributed by atoms with Gasteiger partial charge in [0.2, 0.25) is 0 Å². The van der Waals surface area contributed by atoms with Crippen LogP contribution in [-0.2, 0) is 4.74 Å². The predicted molar refractivity (Wildman–Crippen MR) is 74.5 cm³/mol. The van der Waals surface area contributed by atoms with E-state index in [9.17, 15) is 20.0 Å². The van der Waals surface area contributed by atoms with Crippen LogP contribution in [-0.4, -0.2) is 40.2 Å². The van der Waals surface area contributed by atoms with E-state index in [4.69, 9.17) is 4.74 Å². The molecule has 0 amide bonds. The average molecular weight is 295 g/mol. The van der Waals surface area contributed by atoms with Crippen LogP contribution in [0.4, 0.5) is 11.5 Å². The first kappa shape index (κ1) is 15.2. The van der Waals surface area contributed by atoms with E-state index in [2.05, 4.69) is 10.3 Å². The van der Waals surface area contributed by atoms with Crippen LogP contribution in [0.25, 0.3) is 0 Å². The van der Waals surface area contributed by atoms with E-state index in [0.29, 0.717) is 0 Å². The number of aromatic carboxylic acids is 1. The molecule has 1 aliphatic carbocycles. The van der Waals surface area contributed by atoms with Crippen molar-refractivity contribution in [1.82, 2.24) is 4.98 Å². The van der Waals surface area contributed by atoms with Crippen LogP contribution in [0.1, 0.15) is 30.6 Å². The van der Waals surface area contributed by atoms with Crippen molar-refractivity contribution in [3.05, 3.63) is 27.9 Å². The number of hydrogen-bond donors (Lipinski definition) is 2. The molecule has 0 saturated heterocycles. The third-order valence-corrected chi connectivity index (χ3v) is 4.09. The second-order valence-electron chi connectivity index (χ2n) is 5.63. The summed E-state index contributed by atoms with van der Waals surface area (Å²) in [6, 6.07) is 1.01.